The summed E-state index contributed by atoms with van der Waals surface area (Å²) in [7, 11) is 4.04. The van der Waals surface area contributed by atoms with Gasteiger partial charge in [-0.2, -0.15) is 26.3 Å². The van der Waals surface area contributed by atoms with Gasteiger partial charge in [0.05, 0.1) is 0 Å². The molecule has 37 heavy (non-hydrogen) atoms. The minimum Gasteiger partial charge on any atom is -0.475 e. The number of aliphatic carboxylic acids is 2. The molecule has 0 unspecified atom stereocenters. The number of methoxy groups -OCH3 is 1. The Morgan fingerprint density at radius 3 is 1.78 bits per heavy atom. The second-order valence-electron chi connectivity index (χ2n) is 8.61. The Balaban J connectivity index is 0.000000761. The fourth-order valence-corrected chi connectivity index (χ4v) is 3.49. The Labute approximate surface area is 213 Å². The van der Waals surface area contributed by atoms with Crippen molar-refractivity contribution in [3.05, 3.63) is 35.4 Å². The van der Waals surface area contributed by atoms with E-state index >= 15 is 0 Å². The number of alkyl halides is 6. The van der Waals surface area contributed by atoms with Gasteiger partial charge in [-0.05, 0) is 71.3 Å². The molecule has 214 valence electrons. The Bertz CT molecular complexity index is 755. The number of carboxylic acid groups (broad SMARTS) is 2. The van der Waals surface area contributed by atoms with Crippen LogP contribution in [0.15, 0.2) is 24.3 Å². The number of carbonyl (C=O) groups is 2. The smallest absolute Gasteiger partial charge is 0.475 e. The van der Waals surface area contributed by atoms with Gasteiger partial charge in [-0.1, -0.05) is 29.8 Å². The number of ether oxygens (including phenoxy) is 1. The van der Waals surface area contributed by atoms with E-state index in [4.69, 9.17) is 24.5 Å². The zero-order chi connectivity index (χ0) is 28.6. The van der Waals surface area contributed by atoms with Gasteiger partial charge in [0.25, 0.3) is 0 Å². The summed E-state index contributed by atoms with van der Waals surface area (Å²) < 4.78 is 68.7. The lowest BCUT2D eigenvalue weighted by Crippen LogP contribution is -2.44. The second-order valence-corrected chi connectivity index (χ2v) is 8.61. The van der Waals surface area contributed by atoms with Crippen molar-refractivity contribution in [1.29, 1.82) is 0 Å². The minimum absolute atomic E-state index is 0.765. The van der Waals surface area contributed by atoms with E-state index in [1.807, 2.05) is 0 Å². The van der Waals surface area contributed by atoms with Gasteiger partial charge in [-0.25, -0.2) is 9.59 Å². The van der Waals surface area contributed by atoms with Crippen molar-refractivity contribution >= 4 is 11.9 Å². The van der Waals surface area contributed by atoms with Crippen LogP contribution in [-0.2, 0) is 20.7 Å². The molecule has 2 rings (SSSR count). The lowest BCUT2D eigenvalue weighted by Gasteiger charge is -2.37. The molecule has 2 N–H and O–H groups in total. The third-order valence-electron chi connectivity index (χ3n) is 5.51. The summed E-state index contributed by atoms with van der Waals surface area (Å²) in [5.41, 5.74) is 2.82. The number of carboxylic acids is 2. The summed E-state index contributed by atoms with van der Waals surface area (Å²) in [5.74, 6) is -5.51. The predicted molar refractivity (Wildman–Crippen MR) is 125 cm³/mol. The SMILES string of the molecule is COCCCN(CCCc1ccc(C)cc1)C1CCN(C)CC1.O=C(O)C(F)(F)F.O=C(O)C(F)(F)F. The molecular weight excluding hydrogens is 510 g/mol. The molecule has 0 spiro atoms. The molecule has 1 aliphatic rings. The predicted octanol–water partition coefficient (Wildman–Crippen LogP) is 4.63. The van der Waals surface area contributed by atoms with Crippen LogP contribution in [0.2, 0.25) is 0 Å². The van der Waals surface area contributed by atoms with Crippen LogP contribution in [0.4, 0.5) is 26.3 Å². The normalized spacial score (nSPS) is 14.9. The third-order valence-corrected chi connectivity index (χ3v) is 5.51. The highest BCUT2D eigenvalue weighted by Gasteiger charge is 2.38. The molecule has 7 nitrogen and oxygen atoms in total. The third kappa shape index (κ3) is 16.9. The highest BCUT2D eigenvalue weighted by atomic mass is 19.4. The molecule has 1 saturated heterocycles. The van der Waals surface area contributed by atoms with E-state index in [0.29, 0.717) is 0 Å². The summed E-state index contributed by atoms with van der Waals surface area (Å²) in [4.78, 5) is 23.0. The van der Waals surface area contributed by atoms with Crippen LogP contribution in [0, 0.1) is 6.92 Å². The van der Waals surface area contributed by atoms with Gasteiger partial charge in [-0.3, -0.25) is 0 Å². The quantitative estimate of drug-likeness (QED) is 0.345. The largest absolute Gasteiger partial charge is 0.490 e. The first kappa shape index (κ1) is 34.6. The molecule has 1 aromatic carbocycles. The lowest BCUT2D eigenvalue weighted by atomic mass is 10.0. The topological polar surface area (TPSA) is 90.3 Å². The van der Waals surface area contributed by atoms with Gasteiger partial charge < -0.3 is 24.7 Å². The highest BCUT2D eigenvalue weighted by Crippen LogP contribution is 2.17. The number of likely N-dealkylation sites (tertiary alicyclic amines) is 1. The fraction of sp³-hybridized carbons (Fsp3) is 0.667. The van der Waals surface area contributed by atoms with Crippen LogP contribution in [0.1, 0.15) is 36.8 Å². The molecule has 1 aliphatic heterocycles. The molecule has 1 fully saturated rings. The average molecular weight is 547 g/mol. The summed E-state index contributed by atoms with van der Waals surface area (Å²) in [5, 5.41) is 14.2. The van der Waals surface area contributed by atoms with E-state index in [-0.39, 0.29) is 0 Å². The number of hydrogen-bond acceptors (Lipinski definition) is 5. The van der Waals surface area contributed by atoms with Crippen LogP contribution in [0.25, 0.3) is 0 Å². The summed E-state index contributed by atoms with van der Waals surface area (Å²) in [6.07, 6.45) is -3.95. The summed E-state index contributed by atoms with van der Waals surface area (Å²) >= 11 is 0. The molecule has 0 bridgehead atoms. The van der Waals surface area contributed by atoms with E-state index in [0.717, 1.165) is 19.1 Å². The van der Waals surface area contributed by atoms with E-state index < -0.39 is 24.3 Å². The van der Waals surface area contributed by atoms with Gasteiger partial charge in [0.1, 0.15) is 0 Å². The zero-order valence-corrected chi connectivity index (χ0v) is 21.2. The van der Waals surface area contributed by atoms with Gasteiger partial charge in [0.15, 0.2) is 0 Å². The minimum atomic E-state index is -5.08. The number of piperidine rings is 1. The van der Waals surface area contributed by atoms with Crippen LogP contribution in [0.3, 0.4) is 0 Å². The molecule has 0 atom stereocenters. The Kier molecular flexibility index (Phi) is 16.1. The number of benzene rings is 1. The first-order valence-electron chi connectivity index (χ1n) is 11.6. The van der Waals surface area contributed by atoms with E-state index in [2.05, 4.69) is 48.0 Å². The molecule has 0 amide bonds. The van der Waals surface area contributed by atoms with Crippen molar-refractivity contribution in [2.75, 3.05) is 46.9 Å². The standard InChI is InChI=1S/C20H34N2O.2C2HF3O2/c1-18-7-9-19(10-8-18)6-4-13-22(14-5-17-23-3)20-11-15-21(2)16-12-20;2*3-2(4,5)1(6)7/h7-10,20H,4-6,11-17H2,1-3H3;2*(H,6,7). The molecule has 13 heteroatoms. The molecular formula is C24H36F6N2O5. The number of halogens is 6. The average Bonchev–Trinajstić information content (AvgIpc) is 2.79. The first-order chi connectivity index (χ1) is 17.1. The maximum absolute atomic E-state index is 10.6. The van der Waals surface area contributed by atoms with E-state index in [9.17, 15) is 26.3 Å². The Morgan fingerprint density at radius 1 is 0.946 bits per heavy atom. The zero-order valence-electron chi connectivity index (χ0n) is 21.2. The first-order valence-corrected chi connectivity index (χ1v) is 11.6. The van der Waals surface area contributed by atoms with Crippen LogP contribution in [0.5, 0.6) is 0 Å². The molecule has 0 radical (unpaired) electrons. The van der Waals surface area contributed by atoms with Crippen LogP contribution < -0.4 is 0 Å². The van der Waals surface area contributed by atoms with Crippen LogP contribution >= 0.6 is 0 Å². The van der Waals surface area contributed by atoms with Crippen molar-refractivity contribution in [2.24, 2.45) is 0 Å². The van der Waals surface area contributed by atoms with Crippen molar-refractivity contribution in [2.45, 2.75) is 57.4 Å². The number of rotatable bonds is 9. The maximum Gasteiger partial charge on any atom is 0.490 e. The van der Waals surface area contributed by atoms with Gasteiger partial charge in [0.2, 0.25) is 0 Å². The highest BCUT2D eigenvalue weighted by molar-refractivity contribution is 5.73. The van der Waals surface area contributed by atoms with Crippen molar-refractivity contribution in [3.8, 4) is 0 Å². The number of nitrogens with zero attached hydrogens (tertiary/aromatic N) is 2. The van der Waals surface area contributed by atoms with E-state index in [1.165, 1.54) is 63.0 Å². The lowest BCUT2D eigenvalue weighted by molar-refractivity contribution is -0.193. The Morgan fingerprint density at radius 2 is 1.38 bits per heavy atom. The van der Waals surface area contributed by atoms with Crippen molar-refractivity contribution in [3.63, 3.8) is 0 Å². The monoisotopic (exact) mass is 546 g/mol. The van der Waals surface area contributed by atoms with Gasteiger partial charge >= 0.3 is 24.3 Å². The summed E-state index contributed by atoms with van der Waals surface area (Å²) in [6.45, 7) is 7.90. The van der Waals surface area contributed by atoms with Crippen LogP contribution in [-0.4, -0.2) is 97.3 Å². The molecule has 0 aromatic heterocycles. The fourth-order valence-electron chi connectivity index (χ4n) is 3.49. The molecule has 0 saturated carbocycles. The molecule has 0 aliphatic carbocycles. The molecule has 1 heterocycles. The van der Waals surface area contributed by atoms with Crippen molar-refractivity contribution in [1.82, 2.24) is 9.80 Å². The molecule has 1 aromatic rings. The van der Waals surface area contributed by atoms with Gasteiger partial charge in [-0.15, -0.1) is 0 Å². The second kappa shape index (κ2) is 17.2. The summed E-state index contributed by atoms with van der Waals surface area (Å²) in [6, 6.07) is 9.77. The maximum atomic E-state index is 10.6. The van der Waals surface area contributed by atoms with Gasteiger partial charge in [0, 0.05) is 26.3 Å². The Hall–Kier alpha value is -2.38. The number of hydrogen-bond donors (Lipinski definition) is 2. The van der Waals surface area contributed by atoms with E-state index in [1.54, 1.807) is 7.11 Å². The van der Waals surface area contributed by atoms with Crippen molar-refractivity contribution < 1.29 is 50.9 Å². The number of aryl methyl sites for hydroxylation is 2.